The van der Waals surface area contributed by atoms with Crippen LogP contribution in [0.5, 0.6) is 0 Å². The van der Waals surface area contributed by atoms with Crippen LogP contribution in [0.15, 0.2) is 65.6 Å². The van der Waals surface area contributed by atoms with Crippen molar-refractivity contribution in [1.82, 2.24) is 0 Å². The van der Waals surface area contributed by atoms with Crippen LogP contribution in [0.2, 0.25) is 5.02 Å². The maximum atomic E-state index is 11.7. The van der Waals surface area contributed by atoms with E-state index in [4.69, 9.17) is 11.6 Å². The molecule has 0 saturated carbocycles. The van der Waals surface area contributed by atoms with Gasteiger partial charge in [-0.3, -0.25) is 4.55 Å². The van der Waals surface area contributed by atoms with Gasteiger partial charge in [0.25, 0.3) is 10.1 Å². The Balaban J connectivity index is 0.00000113. The van der Waals surface area contributed by atoms with Crippen LogP contribution >= 0.6 is 11.6 Å². The molecular weight excluding hydrogens is 371 g/mol. The van der Waals surface area contributed by atoms with Crippen LogP contribution < -0.4 is 51.4 Å². The van der Waals surface area contributed by atoms with E-state index >= 15 is 0 Å². The summed E-state index contributed by atoms with van der Waals surface area (Å²) in [6.07, 6.45) is 0. The minimum absolute atomic E-state index is 0. The van der Waals surface area contributed by atoms with Crippen LogP contribution in [-0.2, 0) is 10.1 Å². The van der Waals surface area contributed by atoms with Gasteiger partial charge in [-0.1, -0.05) is 41.9 Å². The molecule has 6 heteroatoms. The first kappa shape index (κ1) is 18.3. The van der Waals surface area contributed by atoms with E-state index in [1.165, 1.54) is 6.07 Å². The van der Waals surface area contributed by atoms with E-state index in [1.54, 1.807) is 12.1 Å². The molecule has 0 amide bonds. The maximum Gasteiger partial charge on any atom is 1.00 e. The number of rotatable bonds is 1. The van der Waals surface area contributed by atoms with Crippen LogP contribution in [-0.4, -0.2) is 13.0 Å². The Labute approximate surface area is 188 Å². The van der Waals surface area contributed by atoms with E-state index in [-0.39, 0.29) is 62.7 Å². The molecule has 0 bridgehead atoms. The monoisotopic (exact) mass is 382 g/mol. The zero-order valence-corrected chi connectivity index (χ0v) is 17.5. The van der Waals surface area contributed by atoms with Crippen LogP contribution in [0.4, 0.5) is 0 Å². The molecule has 4 aromatic rings. The number of hydrogen-bond donors (Lipinski definition) is 1. The number of fused-ring (bicyclic) bond motifs is 3. The predicted octanol–water partition coefficient (Wildman–Crippen LogP) is 2.16. The summed E-state index contributed by atoms with van der Waals surface area (Å²) >= 11 is 5.99. The molecule has 0 aliphatic heterocycles. The molecule has 1 N–H and O–H groups in total. The third-order valence-corrected chi connectivity index (χ3v) is 5.38. The van der Waals surface area contributed by atoms with Crippen molar-refractivity contribution in [2.45, 2.75) is 4.90 Å². The largest absolute Gasteiger partial charge is 1.00 e. The van der Waals surface area contributed by atoms with Crippen LogP contribution in [0.25, 0.3) is 32.3 Å². The molecule has 24 heavy (non-hydrogen) atoms. The van der Waals surface area contributed by atoms with Gasteiger partial charge in [0.2, 0.25) is 0 Å². The molecule has 0 fully saturated rings. The minimum Gasteiger partial charge on any atom is -1.00 e. The summed E-state index contributed by atoms with van der Waals surface area (Å²) in [5.74, 6) is 0. The van der Waals surface area contributed by atoms with Crippen molar-refractivity contribution in [3.05, 3.63) is 65.7 Å². The first-order valence-electron chi connectivity index (χ1n) is 6.96. The molecule has 0 heterocycles. The molecule has 4 rings (SSSR count). The first-order valence-corrected chi connectivity index (χ1v) is 8.77. The SMILES string of the molecule is O=S(=O)(O)c1c(Cl)ccc2cc3cc4ccccc4cc3cc12.[H-].[K+]. The van der Waals surface area contributed by atoms with Gasteiger partial charge < -0.3 is 1.43 Å². The summed E-state index contributed by atoms with van der Waals surface area (Å²) in [5.41, 5.74) is 0. The second-order valence-electron chi connectivity index (χ2n) is 5.47. The number of hydrogen-bond acceptors (Lipinski definition) is 2. The predicted molar refractivity (Wildman–Crippen MR) is 94.9 cm³/mol. The van der Waals surface area contributed by atoms with Gasteiger partial charge in [-0.05, 0) is 57.3 Å². The Morgan fingerprint density at radius 1 is 0.792 bits per heavy atom. The Morgan fingerprint density at radius 3 is 1.92 bits per heavy atom. The smallest absolute Gasteiger partial charge is 1.00 e. The van der Waals surface area contributed by atoms with Gasteiger partial charge in [-0.15, -0.1) is 0 Å². The zero-order valence-electron chi connectivity index (χ0n) is 13.8. The van der Waals surface area contributed by atoms with Crippen molar-refractivity contribution in [2.24, 2.45) is 0 Å². The van der Waals surface area contributed by atoms with E-state index in [0.29, 0.717) is 10.8 Å². The van der Waals surface area contributed by atoms with Crippen molar-refractivity contribution >= 4 is 54.0 Å². The summed E-state index contributed by atoms with van der Waals surface area (Å²) in [7, 11) is -4.40. The third-order valence-electron chi connectivity index (χ3n) is 4.00. The Morgan fingerprint density at radius 2 is 1.33 bits per heavy atom. The maximum absolute atomic E-state index is 11.7. The molecule has 0 aliphatic rings. The zero-order chi connectivity index (χ0) is 16.2. The summed E-state index contributed by atoms with van der Waals surface area (Å²) in [4.78, 5) is -0.244. The molecule has 116 valence electrons. The molecule has 0 unspecified atom stereocenters. The Hall–Kier alpha value is -0.504. The van der Waals surface area contributed by atoms with Crippen LogP contribution in [0, 0.1) is 0 Å². The van der Waals surface area contributed by atoms with Gasteiger partial charge in [0.15, 0.2) is 0 Å². The fourth-order valence-electron chi connectivity index (χ4n) is 2.97. The van der Waals surface area contributed by atoms with Crippen molar-refractivity contribution in [3.63, 3.8) is 0 Å². The molecule has 0 aromatic heterocycles. The van der Waals surface area contributed by atoms with Crippen molar-refractivity contribution in [2.75, 3.05) is 0 Å². The molecule has 0 aliphatic carbocycles. The number of halogens is 1. The minimum atomic E-state index is -4.40. The van der Waals surface area contributed by atoms with E-state index in [2.05, 4.69) is 6.07 Å². The van der Waals surface area contributed by atoms with E-state index in [0.717, 1.165) is 21.5 Å². The molecule has 3 nitrogen and oxygen atoms in total. The molecule has 0 saturated heterocycles. The molecule has 0 spiro atoms. The third kappa shape index (κ3) is 3.16. The Kier molecular flexibility index (Phi) is 5.08. The van der Waals surface area contributed by atoms with Gasteiger partial charge in [0.1, 0.15) is 4.90 Å². The van der Waals surface area contributed by atoms with Crippen LogP contribution in [0.1, 0.15) is 1.43 Å². The fraction of sp³-hybridized carbons (Fsp3) is 0. The summed E-state index contributed by atoms with van der Waals surface area (Å²) in [6.45, 7) is 0. The number of benzene rings is 4. The topological polar surface area (TPSA) is 54.4 Å². The fourth-order valence-corrected chi connectivity index (χ4v) is 4.20. The van der Waals surface area contributed by atoms with Gasteiger partial charge in [0, 0.05) is 5.39 Å². The Bertz CT molecular complexity index is 1210. The van der Waals surface area contributed by atoms with Gasteiger partial charge in [-0.2, -0.15) is 8.42 Å². The average molecular weight is 383 g/mol. The van der Waals surface area contributed by atoms with E-state index in [1.807, 2.05) is 36.4 Å². The molecule has 0 atom stereocenters. The van der Waals surface area contributed by atoms with Gasteiger partial charge in [0.05, 0.1) is 5.02 Å². The van der Waals surface area contributed by atoms with Gasteiger partial charge >= 0.3 is 51.4 Å². The van der Waals surface area contributed by atoms with Crippen molar-refractivity contribution < 1.29 is 65.8 Å². The summed E-state index contributed by atoms with van der Waals surface area (Å²) < 4.78 is 32.9. The molecule has 4 aromatic carbocycles. The first-order chi connectivity index (χ1) is 10.9. The average Bonchev–Trinajstić information content (AvgIpc) is 2.49. The molecule has 0 radical (unpaired) electrons. The quantitative estimate of drug-likeness (QED) is 0.312. The second kappa shape index (κ2) is 6.66. The summed E-state index contributed by atoms with van der Waals surface area (Å²) in [6, 6.07) is 18.9. The van der Waals surface area contributed by atoms with Crippen LogP contribution in [0.3, 0.4) is 0 Å². The normalized spacial score (nSPS) is 11.8. The molecular formula is C18H12ClKO3S. The second-order valence-corrected chi connectivity index (χ2v) is 7.24. The van der Waals surface area contributed by atoms with Gasteiger partial charge in [-0.25, -0.2) is 0 Å². The van der Waals surface area contributed by atoms with Crippen molar-refractivity contribution in [3.8, 4) is 0 Å². The standard InChI is InChI=1S/C18H11ClO3S.K.H/c19-17-6-5-13-9-14-7-11-3-1-2-4-12(11)8-15(14)10-16(13)18(17)23(20,21)22;;/h1-10H,(H,20,21,22);;/q;+1;-1. The van der Waals surface area contributed by atoms with E-state index < -0.39 is 10.1 Å². The van der Waals surface area contributed by atoms with Crippen molar-refractivity contribution in [1.29, 1.82) is 0 Å². The summed E-state index contributed by atoms with van der Waals surface area (Å²) in [5, 5.41) is 5.22. The van der Waals surface area contributed by atoms with E-state index in [9.17, 15) is 13.0 Å².